The fraction of sp³-hybridized carbons (Fsp3) is 0.556. The van der Waals surface area contributed by atoms with Crippen LogP contribution in [0.2, 0.25) is 0 Å². The van der Waals surface area contributed by atoms with E-state index in [-0.39, 0.29) is 41.9 Å². The number of hydrogen-bond acceptors (Lipinski definition) is 5. The number of fused-ring (bicyclic) bond motifs is 1. The molecule has 1 amide bonds. The van der Waals surface area contributed by atoms with Crippen LogP contribution in [-0.4, -0.2) is 63.1 Å². The minimum atomic E-state index is -3.69. The van der Waals surface area contributed by atoms with Gasteiger partial charge in [-0.15, -0.1) is 0 Å². The number of sulfonamides is 1. The number of carboxylic acids is 1. The number of amides is 1. The Hall–Kier alpha value is -1.97. The number of aryl methyl sites for hydroxylation is 1. The van der Waals surface area contributed by atoms with Gasteiger partial charge in [0.25, 0.3) is 5.91 Å². The van der Waals surface area contributed by atoms with Crippen molar-refractivity contribution in [2.24, 2.45) is 11.3 Å². The van der Waals surface area contributed by atoms with Crippen LogP contribution in [0.1, 0.15) is 29.3 Å². The van der Waals surface area contributed by atoms with Crippen molar-refractivity contribution in [1.82, 2.24) is 9.62 Å². The number of carbonyl (C=O) groups excluding carboxylic acids is 1. The molecule has 2 aliphatic heterocycles. The van der Waals surface area contributed by atoms with Gasteiger partial charge in [0.05, 0.1) is 16.9 Å². The molecule has 0 unspecified atom stereocenters. The van der Waals surface area contributed by atoms with Crippen LogP contribution in [0.3, 0.4) is 0 Å². The quantitative estimate of drug-likeness (QED) is 0.763. The van der Waals surface area contributed by atoms with Gasteiger partial charge in [-0.05, 0) is 31.0 Å². The Bertz CT molecular complexity index is 869. The second-order valence-electron chi connectivity index (χ2n) is 7.15. The Kier molecular flexibility index (Phi) is 5.29. The highest BCUT2D eigenvalue weighted by atomic mass is 32.2. The lowest BCUT2D eigenvalue weighted by Gasteiger charge is -2.33. The lowest BCUT2D eigenvalue weighted by atomic mass is 9.74. The Morgan fingerprint density at radius 1 is 1.41 bits per heavy atom. The molecule has 9 heteroatoms. The highest BCUT2D eigenvalue weighted by Gasteiger charge is 2.55. The van der Waals surface area contributed by atoms with Crippen LogP contribution in [0.5, 0.6) is 0 Å². The number of aliphatic carboxylic acids is 1. The largest absolute Gasteiger partial charge is 0.481 e. The smallest absolute Gasteiger partial charge is 0.311 e. The number of hydrogen-bond donors (Lipinski definition) is 2. The highest BCUT2D eigenvalue weighted by molar-refractivity contribution is 7.89. The van der Waals surface area contributed by atoms with E-state index in [1.54, 1.807) is 19.9 Å². The monoisotopic (exact) mass is 396 g/mol. The van der Waals surface area contributed by atoms with Gasteiger partial charge < -0.3 is 14.7 Å². The van der Waals surface area contributed by atoms with Crippen molar-refractivity contribution in [3.05, 3.63) is 29.3 Å². The summed E-state index contributed by atoms with van der Waals surface area (Å²) in [5.74, 6) is -1.52. The first kappa shape index (κ1) is 19.8. The molecule has 2 saturated heterocycles. The molecular weight excluding hydrogens is 372 g/mol. The van der Waals surface area contributed by atoms with Crippen LogP contribution in [0.4, 0.5) is 0 Å². The van der Waals surface area contributed by atoms with E-state index in [1.807, 2.05) is 0 Å². The zero-order chi connectivity index (χ0) is 19.8. The van der Waals surface area contributed by atoms with Crippen molar-refractivity contribution in [1.29, 1.82) is 0 Å². The zero-order valence-electron chi connectivity index (χ0n) is 15.4. The topological polar surface area (TPSA) is 113 Å². The standard InChI is InChI=1S/C18H24N2O6S/c1-3-19-27(24,25)14-5-4-12(2)15(8-14)16(21)20-9-13-10-26-7-6-18(13,11-20)17(22)23/h4-5,8,13,19H,3,6-7,9-11H2,1-2H3,(H,22,23)/t13-,18+/m0/s1. The van der Waals surface area contributed by atoms with Gasteiger partial charge >= 0.3 is 5.97 Å². The van der Waals surface area contributed by atoms with Crippen molar-refractivity contribution in [3.63, 3.8) is 0 Å². The summed E-state index contributed by atoms with van der Waals surface area (Å²) in [5, 5.41) is 9.75. The van der Waals surface area contributed by atoms with Gasteiger partial charge in [0, 0.05) is 37.7 Å². The molecule has 3 rings (SSSR count). The summed E-state index contributed by atoms with van der Waals surface area (Å²) in [5.41, 5.74) is -0.0741. The van der Waals surface area contributed by atoms with E-state index in [4.69, 9.17) is 4.74 Å². The van der Waals surface area contributed by atoms with E-state index in [1.165, 1.54) is 17.0 Å². The average Bonchev–Trinajstić information content (AvgIpc) is 3.02. The third-order valence-electron chi connectivity index (χ3n) is 5.50. The van der Waals surface area contributed by atoms with Crippen LogP contribution >= 0.6 is 0 Å². The van der Waals surface area contributed by atoms with Crippen molar-refractivity contribution in [2.75, 3.05) is 32.8 Å². The summed E-state index contributed by atoms with van der Waals surface area (Å²) in [6.45, 7) is 4.72. The molecule has 148 valence electrons. The molecule has 0 aliphatic carbocycles. The van der Waals surface area contributed by atoms with Crippen molar-refractivity contribution in [2.45, 2.75) is 25.2 Å². The predicted octanol–water partition coefficient (Wildman–Crippen LogP) is 0.857. The Balaban J connectivity index is 1.92. The molecule has 2 N–H and O–H groups in total. The first-order chi connectivity index (χ1) is 12.7. The Morgan fingerprint density at radius 3 is 2.78 bits per heavy atom. The molecule has 0 spiro atoms. The van der Waals surface area contributed by atoms with Crippen LogP contribution in [0.25, 0.3) is 0 Å². The number of nitrogens with zero attached hydrogens (tertiary/aromatic N) is 1. The number of ether oxygens (including phenoxy) is 1. The number of nitrogens with one attached hydrogen (secondary N) is 1. The lowest BCUT2D eigenvalue weighted by molar-refractivity contribution is -0.157. The fourth-order valence-corrected chi connectivity index (χ4v) is 4.96. The molecule has 0 saturated carbocycles. The van der Waals surface area contributed by atoms with Crippen LogP contribution in [0, 0.1) is 18.3 Å². The third-order valence-corrected chi connectivity index (χ3v) is 7.05. The van der Waals surface area contributed by atoms with Gasteiger partial charge in [-0.25, -0.2) is 13.1 Å². The molecule has 2 atom stereocenters. The van der Waals surface area contributed by atoms with Crippen LogP contribution < -0.4 is 4.72 Å². The lowest BCUT2D eigenvalue weighted by Crippen LogP contribution is -2.45. The van der Waals surface area contributed by atoms with E-state index in [0.29, 0.717) is 25.2 Å². The summed E-state index contributed by atoms with van der Waals surface area (Å²) in [7, 11) is -3.69. The summed E-state index contributed by atoms with van der Waals surface area (Å²) in [4.78, 5) is 26.5. The molecule has 27 heavy (non-hydrogen) atoms. The molecule has 0 bridgehead atoms. The van der Waals surface area contributed by atoms with Gasteiger partial charge in [0.15, 0.2) is 0 Å². The molecule has 8 nitrogen and oxygen atoms in total. The van der Waals surface area contributed by atoms with Gasteiger partial charge in [0.1, 0.15) is 0 Å². The van der Waals surface area contributed by atoms with Gasteiger partial charge in [-0.1, -0.05) is 13.0 Å². The second kappa shape index (κ2) is 7.21. The maximum absolute atomic E-state index is 13.1. The molecule has 0 aromatic heterocycles. The van der Waals surface area contributed by atoms with Crippen LogP contribution in [0.15, 0.2) is 23.1 Å². The Morgan fingerprint density at radius 2 is 2.15 bits per heavy atom. The maximum atomic E-state index is 13.1. The molecule has 2 fully saturated rings. The predicted molar refractivity (Wildman–Crippen MR) is 96.9 cm³/mol. The van der Waals surface area contributed by atoms with E-state index in [0.717, 1.165) is 0 Å². The second-order valence-corrected chi connectivity index (χ2v) is 8.91. The van der Waals surface area contributed by atoms with Crippen molar-refractivity contribution in [3.8, 4) is 0 Å². The minimum Gasteiger partial charge on any atom is -0.481 e. The van der Waals surface area contributed by atoms with E-state index < -0.39 is 21.4 Å². The molecule has 1 aromatic carbocycles. The van der Waals surface area contributed by atoms with Gasteiger partial charge in [0.2, 0.25) is 10.0 Å². The minimum absolute atomic E-state index is 0.0196. The molecule has 2 heterocycles. The summed E-state index contributed by atoms with van der Waals surface area (Å²) in [6.07, 6.45) is 0.366. The number of benzene rings is 1. The van der Waals surface area contributed by atoms with E-state index in [2.05, 4.69) is 4.72 Å². The average molecular weight is 396 g/mol. The summed E-state index contributed by atoms with van der Waals surface area (Å²) < 4.78 is 32.3. The number of likely N-dealkylation sites (tertiary alicyclic amines) is 1. The maximum Gasteiger partial charge on any atom is 0.311 e. The number of carboxylic acid groups (broad SMARTS) is 1. The normalized spacial score (nSPS) is 25.3. The molecule has 0 radical (unpaired) electrons. The number of carbonyl (C=O) groups is 2. The van der Waals surface area contributed by atoms with Gasteiger partial charge in [-0.3, -0.25) is 9.59 Å². The van der Waals surface area contributed by atoms with Crippen molar-refractivity contribution >= 4 is 21.9 Å². The molecule has 2 aliphatic rings. The first-order valence-corrected chi connectivity index (χ1v) is 10.4. The van der Waals surface area contributed by atoms with Crippen molar-refractivity contribution < 1.29 is 27.9 Å². The Labute approximate surface area is 158 Å². The van der Waals surface area contributed by atoms with E-state index >= 15 is 0 Å². The van der Waals surface area contributed by atoms with E-state index in [9.17, 15) is 23.1 Å². The third kappa shape index (κ3) is 3.46. The highest BCUT2D eigenvalue weighted by Crippen LogP contribution is 2.43. The zero-order valence-corrected chi connectivity index (χ0v) is 16.2. The first-order valence-electron chi connectivity index (χ1n) is 8.92. The van der Waals surface area contributed by atoms with Crippen LogP contribution in [-0.2, 0) is 19.6 Å². The van der Waals surface area contributed by atoms with Gasteiger partial charge in [-0.2, -0.15) is 0 Å². The molecule has 1 aromatic rings. The SMILES string of the molecule is CCNS(=O)(=O)c1ccc(C)c(C(=O)N2C[C@H]3COCC[C@@]3(C(=O)O)C2)c1. The molecular formula is C18H24N2O6S. The summed E-state index contributed by atoms with van der Waals surface area (Å²) >= 11 is 0. The fourth-order valence-electron chi connectivity index (χ4n) is 3.90. The summed E-state index contributed by atoms with van der Waals surface area (Å²) in [6, 6.07) is 4.42. The number of rotatable bonds is 5.